The Hall–Kier alpha value is -1.58. The molecule has 1 heterocycles. The lowest BCUT2D eigenvalue weighted by molar-refractivity contribution is -0.386. The molecule has 1 aliphatic heterocycles. The summed E-state index contributed by atoms with van der Waals surface area (Å²) in [7, 11) is 0. The molecule has 4 nitrogen and oxygen atoms in total. The summed E-state index contributed by atoms with van der Waals surface area (Å²) in [6.07, 6.45) is 5.96. The summed E-state index contributed by atoms with van der Waals surface area (Å²) in [6.45, 7) is 8.03. The molecule has 20 heavy (non-hydrogen) atoms. The first kappa shape index (κ1) is 14.8. The van der Waals surface area contributed by atoms with Crippen molar-refractivity contribution >= 4 is 11.4 Å². The predicted molar refractivity (Wildman–Crippen MR) is 82.6 cm³/mol. The van der Waals surface area contributed by atoms with Crippen LogP contribution in [-0.2, 0) is 6.42 Å². The van der Waals surface area contributed by atoms with Crippen LogP contribution in [0.15, 0.2) is 6.07 Å². The average Bonchev–Trinajstić information content (AvgIpc) is 2.77. The number of unbranched alkanes of at least 4 members (excludes halogenated alkanes) is 3. The number of anilines is 1. The van der Waals surface area contributed by atoms with Crippen molar-refractivity contribution in [1.82, 2.24) is 0 Å². The van der Waals surface area contributed by atoms with Gasteiger partial charge in [-0.05, 0) is 38.3 Å². The van der Waals surface area contributed by atoms with E-state index in [-0.39, 0.29) is 4.92 Å². The third-order valence-electron chi connectivity index (χ3n) is 4.28. The minimum atomic E-state index is -0.241. The van der Waals surface area contributed by atoms with Crippen molar-refractivity contribution in [2.75, 3.05) is 18.0 Å². The van der Waals surface area contributed by atoms with Gasteiger partial charge in [-0.15, -0.1) is 0 Å². The van der Waals surface area contributed by atoms with Gasteiger partial charge in [-0.3, -0.25) is 10.1 Å². The summed E-state index contributed by atoms with van der Waals surface area (Å²) in [4.78, 5) is 13.3. The van der Waals surface area contributed by atoms with Gasteiger partial charge >= 0.3 is 0 Å². The van der Waals surface area contributed by atoms with Gasteiger partial charge in [0.1, 0.15) is 0 Å². The van der Waals surface area contributed by atoms with Crippen molar-refractivity contribution in [1.29, 1.82) is 0 Å². The van der Waals surface area contributed by atoms with Crippen molar-refractivity contribution in [2.24, 2.45) is 0 Å². The van der Waals surface area contributed by atoms with E-state index < -0.39 is 0 Å². The highest BCUT2D eigenvalue weighted by Crippen LogP contribution is 2.37. The molecule has 0 unspecified atom stereocenters. The van der Waals surface area contributed by atoms with Crippen LogP contribution < -0.4 is 4.90 Å². The van der Waals surface area contributed by atoms with Crippen molar-refractivity contribution in [3.8, 4) is 0 Å². The molecule has 2 rings (SSSR count). The van der Waals surface area contributed by atoms with Gasteiger partial charge in [-0.25, -0.2) is 0 Å². The second-order valence-corrected chi connectivity index (χ2v) is 5.72. The number of nitrogens with zero attached hydrogens (tertiary/aromatic N) is 2. The summed E-state index contributed by atoms with van der Waals surface area (Å²) in [6, 6.07) is 2.01. The molecule has 0 saturated heterocycles. The zero-order chi connectivity index (χ0) is 14.7. The number of nitro groups is 1. The number of fused-ring (bicyclic) bond motifs is 1. The molecule has 0 saturated carbocycles. The maximum Gasteiger partial charge on any atom is 0.275 e. The highest BCUT2D eigenvalue weighted by molar-refractivity contribution is 5.68. The minimum Gasteiger partial charge on any atom is -0.371 e. The molecule has 110 valence electrons. The van der Waals surface area contributed by atoms with Crippen LogP contribution in [0, 0.1) is 24.0 Å². The van der Waals surface area contributed by atoms with Gasteiger partial charge in [0.2, 0.25) is 0 Å². The normalized spacial score (nSPS) is 13.7. The smallest absolute Gasteiger partial charge is 0.275 e. The zero-order valence-electron chi connectivity index (χ0n) is 12.7. The van der Waals surface area contributed by atoms with Gasteiger partial charge in [0, 0.05) is 29.9 Å². The van der Waals surface area contributed by atoms with Gasteiger partial charge in [0.25, 0.3) is 5.69 Å². The Labute approximate surface area is 120 Å². The summed E-state index contributed by atoms with van der Waals surface area (Å²) >= 11 is 0. The SMILES string of the molecule is CCCCCCN1CCc2c1cc(C)c([N+](=O)[O-])c2C. The second-order valence-electron chi connectivity index (χ2n) is 5.72. The first-order valence-electron chi connectivity index (χ1n) is 7.58. The minimum absolute atomic E-state index is 0.241. The maximum atomic E-state index is 11.2. The molecule has 1 aromatic carbocycles. The summed E-state index contributed by atoms with van der Waals surface area (Å²) in [5, 5.41) is 11.2. The lowest BCUT2D eigenvalue weighted by Crippen LogP contribution is -2.21. The molecule has 1 aromatic rings. The van der Waals surface area contributed by atoms with E-state index in [0.717, 1.165) is 30.6 Å². The fourth-order valence-corrected chi connectivity index (χ4v) is 3.20. The van der Waals surface area contributed by atoms with E-state index in [1.165, 1.54) is 36.9 Å². The standard InChI is InChI=1S/C16H24N2O2/c1-4-5-6-7-9-17-10-8-14-13(3)16(18(19)20)12(2)11-15(14)17/h11H,4-10H2,1-3H3. The molecular weight excluding hydrogens is 252 g/mol. The van der Waals surface area contributed by atoms with Crippen molar-refractivity contribution in [3.63, 3.8) is 0 Å². The molecule has 0 aromatic heterocycles. The van der Waals surface area contributed by atoms with Crippen LogP contribution in [0.3, 0.4) is 0 Å². The van der Waals surface area contributed by atoms with Crippen LogP contribution in [0.5, 0.6) is 0 Å². The molecule has 0 N–H and O–H groups in total. The highest BCUT2D eigenvalue weighted by atomic mass is 16.6. The summed E-state index contributed by atoms with van der Waals surface area (Å²) < 4.78 is 0. The van der Waals surface area contributed by atoms with Crippen LogP contribution in [0.2, 0.25) is 0 Å². The van der Waals surface area contributed by atoms with Crippen molar-refractivity contribution < 1.29 is 4.92 Å². The zero-order valence-corrected chi connectivity index (χ0v) is 12.7. The van der Waals surface area contributed by atoms with Crippen LogP contribution >= 0.6 is 0 Å². The van der Waals surface area contributed by atoms with Crippen LogP contribution in [0.4, 0.5) is 11.4 Å². The molecule has 0 radical (unpaired) electrons. The molecule has 4 heteroatoms. The number of hydrogen-bond donors (Lipinski definition) is 0. The molecule has 0 spiro atoms. The van der Waals surface area contributed by atoms with E-state index in [4.69, 9.17) is 0 Å². The Morgan fingerprint density at radius 2 is 2.05 bits per heavy atom. The van der Waals surface area contributed by atoms with Gasteiger partial charge in [-0.2, -0.15) is 0 Å². The monoisotopic (exact) mass is 276 g/mol. The van der Waals surface area contributed by atoms with Crippen molar-refractivity contribution in [3.05, 3.63) is 32.9 Å². The van der Waals surface area contributed by atoms with E-state index in [1.54, 1.807) is 0 Å². The van der Waals surface area contributed by atoms with Gasteiger partial charge in [0.05, 0.1) is 4.92 Å². The van der Waals surface area contributed by atoms with E-state index in [0.29, 0.717) is 5.69 Å². The highest BCUT2D eigenvalue weighted by Gasteiger charge is 2.27. The molecule has 0 bridgehead atoms. The van der Waals surface area contributed by atoms with Crippen LogP contribution in [0.25, 0.3) is 0 Å². The number of rotatable bonds is 6. The Bertz CT molecular complexity index is 512. The van der Waals surface area contributed by atoms with Gasteiger partial charge in [-0.1, -0.05) is 26.2 Å². The third-order valence-corrected chi connectivity index (χ3v) is 4.28. The maximum absolute atomic E-state index is 11.2. The van der Waals surface area contributed by atoms with Crippen molar-refractivity contribution in [2.45, 2.75) is 52.9 Å². The lowest BCUT2D eigenvalue weighted by atomic mass is 10.0. The second kappa shape index (κ2) is 6.25. The van der Waals surface area contributed by atoms with E-state index in [1.807, 2.05) is 19.9 Å². The van der Waals surface area contributed by atoms with E-state index in [9.17, 15) is 10.1 Å². The Balaban J connectivity index is 2.18. The fourth-order valence-electron chi connectivity index (χ4n) is 3.20. The van der Waals surface area contributed by atoms with E-state index in [2.05, 4.69) is 11.8 Å². The fraction of sp³-hybridized carbons (Fsp3) is 0.625. The molecule has 1 aliphatic rings. The average molecular weight is 276 g/mol. The molecule has 0 fully saturated rings. The molecule has 0 aliphatic carbocycles. The predicted octanol–water partition coefficient (Wildman–Crippen LogP) is 4.15. The van der Waals surface area contributed by atoms with Gasteiger partial charge < -0.3 is 4.90 Å². The first-order valence-corrected chi connectivity index (χ1v) is 7.58. The van der Waals surface area contributed by atoms with Crippen LogP contribution in [-0.4, -0.2) is 18.0 Å². The molecule has 0 atom stereocenters. The summed E-state index contributed by atoms with van der Waals surface area (Å²) in [5.74, 6) is 0. The number of aryl methyl sites for hydroxylation is 1. The summed E-state index contributed by atoms with van der Waals surface area (Å²) in [5.41, 5.74) is 4.35. The number of nitro benzene ring substituents is 1. The van der Waals surface area contributed by atoms with Gasteiger partial charge in [0.15, 0.2) is 0 Å². The third kappa shape index (κ3) is 2.79. The topological polar surface area (TPSA) is 46.4 Å². The first-order chi connectivity index (χ1) is 9.56. The molecular formula is C16H24N2O2. The van der Waals surface area contributed by atoms with Crippen LogP contribution in [0.1, 0.15) is 49.3 Å². The Morgan fingerprint density at radius 3 is 2.70 bits per heavy atom. The Kier molecular flexibility index (Phi) is 4.63. The quantitative estimate of drug-likeness (QED) is 0.445. The molecule has 0 amide bonds. The largest absolute Gasteiger partial charge is 0.371 e. The van der Waals surface area contributed by atoms with E-state index >= 15 is 0 Å². The number of benzene rings is 1. The lowest BCUT2D eigenvalue weighted by Gasteiger charge is -2.20. The number of hydrogen-bond acceptors (Lipinski definition) is 3. The Morgan fingerprint density at radius 1 is 1.30 bits per heavy atom.